The second-order valence-corrected chi connectivity index (χ2v) is 6.10. The number of carbonyl (C=O) groups excluding carboxylic acids is 2. The largest absolute Gasteiger partial charge is 0.355 e. The Bertz CT molecular complexity index is 407. The fraction of sp³-hybridized carbons (Fsp3) is 0.733. The Hall–Kier alpha value is -0.810. The Kier molecular flexibility index (Phi) is 5.27. The van der Waals surface area contributed by atoms with Gasteiger partial charge in [-0.05, 0) is 31.3 Å². The van der Waals surface area contributed by atoms with E-state index in [1.807, 2.05) is 0 Å². The van der Waals surface area contributed by atoms with Crippen molar-refractivity contribution in [3.63, 3.8) is 0 Å². The number of rotatable bonds is 7. The van der Waals surface area contributed by atoms with Crippen LogP contribution < -0.4 is 5.32 Å². The van der Waals surface area contributed by atoms with Crippen molar-refractivity contribution in [2.45, 2.75) is 20.3 Å². The molecule has 20 heavy (non-hydrogen) atoms. The van der Waals surface area contributed by atoms with E-state index in [1.165, 1.54) is 0 Å². The third-order valence-corrected chi connectivity index (χ3v) is 4.97. The average Bonchev–Trinajstić information content (AvgIpc) is 3.03. The lowest BCUT2D eigenvalue weighted by Gasteiger charge is -2.25. The first-order valence-electron chi connectivity index (χ1n) is 7.49. The molecule has 4 atom stereocenters. The summed E-state index contributed by atoms with van der Waals surface area (Å²) in [5.41, 5.74) is 0. The molecule has 0 heterocycles. The van der Waals surface area contributed by atoms with Gasteiger partial charge in [-0.25, -0.2) is 0 Å². The van der Waals surface area contributed by atoms with E-state index in [0.29, 0.717) is 6.54 Å². The van der Waals surface area contributed by atoms with Crippen molar-refractivity contribution in [2.24, 2.45) is 23.7 Å². The first-order chi connectivity index (χ1) is 9.58. The molecule has 2 rings (SSSR count). The van der Waals surface area contributed by atoms with Crippen molar-refractivity contribution >= 4 is 23.7 Å². The minimum absolute atomic E-state index is 0.0152. The van der Waals surface area contributed by atoms with Gasteiger partial charge < -0.3 is 10.2 Å². The highest BCUT2D eigenvalue weighted by atomic mass is 32.1. The maximum atomic E-state index is 12.4. The number of thiol groups is 1. The smallest absolute Gasteiger partial charge is 0.224 e. The van der Waals surface area contributed by atoms with Crippen LogP contribution in [-0.4, -0.2) is 42.1 Å². The van der Waals surface area contributed by atoms with Gasteiger partial charge in [0.15, 0.2) is 5.12 Å². The molecule has 4 unspecified atom stereocenters. The summed E-state index contributed by atoms with van der Waals surface area (Å²) in [5.74, 6) is -0.00650. The summed E-state index contributed by atoms with van der Waals surface area (Å²) in [4.78, 5) is 26.3. The second-order valence-electron chi connectivity index (χ2n) is 5.66. The summed E-state index contributed by atoms with van der Waals surface area (Å²) in [7, 11) is 0. The van der Waals surface area contributed by atoms with Gasteiger partial charge in [0.05, 0.1) is 5.92 Å². The third-order valence-electron chi connectivity index (χ3n) is 4.67. The topological polar surface area (TPSA) is 49.4 Å². The molecule has 1 N–H and O–H groups in total. The van der Waals surface area contributed by atoms with E-state index in [2.05, 4.69) is 48.8 Å². The van der Waals surface area contributed by atoms with Crippen LogP contribution in [0.1, 0.15) is 20.3 Å². The van der Waals surface area contributed by atoms with E-state index >= 15 is 0 Å². The SMILES string of the molecule is CCN(CC)CCNC(=O)C1C2C=CC(C2)C1C(=O)S. The van der Waals surface area contributed by atoms with Crippen LogP contribution in [0.4, 0.5) is 0 Å². The summed E-state index contributed by atoms with van der Waals surface area (Å²) < 4.78 is 0. The Morgan fingerprint density at radius 3 is 2.35 bits per heavy atom. The highest BCUT2D eigenvalue weighted by Crippen LogP contribution is 2.48. The number of hydrogen-bond acceptors (Lipinski definition) is 3. The molecular formula is C15H24N2O2S. The number of hydrogen-bond donors (Lipinski definition) is 2. The van der Waals surface area contributed by atoms with Crippen LogP contribution in [-0.2, 0) is 9.59 Å². The molecule has 0 spiro atoms. The van der Waals surface area contributed by atoms with E-state index in [9.17, 15) is 9.59 Å². The number of allylic oxidation sites excluding steroid dienone is 2. The van der Waals surface area contributed by atoms with E-state index in [1.54, 1.807) is 0 Å². The monoisotopic (exact) mass is 296 g/mol. The van der Waals surface area contributed by atoms with Gasteiger partial charge in [0.1, 0.15) is 0 Å². The number of nitrogens with zero attached hydrogens (tertiary/aromatic N) is 1. The van der Waals surface area contributed by atoms with Crippen LogP contribution in [0.2, 0.25) is 0 Å². The number of amides is 1. The zero-order valence-electron chi connectivity index (χ0n) is 12.2. The quantitative estimate of drug-likeness (QED) is 0.550. The molecule has 5 heteroatoms. The highest BCUT2D eigenvalue weighted by molar-refractivity contribution is 7.96. The lowest BCUT2D eigenvalue weighted by atomic mass is 9.83. The minimum Gasteiger partial charge on any atom is -0.355 e. The van der Waals surface area contributed by atoms with Crippen molar-refractivity contribution in [1.29, 1.82) is 0 Å². The Morgan fingerprint density at radius 2 is 1.80 bits per heavy atom. The molecule has 0 radical (unpaired) electrons. The molecule has 1 saturated carbocycles. The van der Waals surface area contributed by atoms with Gasteiger partial charge in [-0.2, -0.15) is 0 Å². The molecule has 2 bridgehead atoms. The fourth-order valence-corrected chi connectivity index (χ4v) is 3.86. The van der Waals surface area contributed by atoms with E-state index < -0.39 is 0 Å². The van der Waals surface area contributed by atoms with Gasteiger partial charge in [0.25, 0.3) is 0 Å². The number of fused-ring (bicyclic) bond motifs is 2. The van der Waals surface area contributed by atoms with Crippen molar-refractivity contribution in [1.82, 2.24) is 10.2 Å². The van der Waals surface area contributed by atoms with E-state index in [0.717, 1.165) is 26.1 Å². The van der Waals surface area contributed by atoms with Crippen LogP contribution >= 0.6 is 12.6 Å². The molecule has 2 aliphatic rings. The van der Waals surface area contributed by atoms with Gasteiger partial charge in [-0.15, -0.1) is 12.6 Å². The molecule has 2 aliphatic carbocycles. The van der Waals surface area contributed by atoms with Crippen molar-refractivity contribution < 1.29 is 9.59 Å². The Morgan fingerprint density at radius 1 is 1.20 bits per heavy atom. The standard InChI is InChI=1S/C15H24N2O2S/c1-3-17(4-2)8-7-16-14(18)12-10-5-6-11(9-10)13(12)15(19)20/h5-6,10-13H,3-4,7-9H2,1-2H3,(H,16,18)(H,19,20). The molecule has 0 aromatic heterocycles. The van der Waals surface area contributed by atoms with Gasteiger partial charge in [-0.1, -0.05) is 26.0 Å². The lowest BCUT2D eigenvalue weighted by molar-refractivity contribution is -0.130. The predicted molar refractivity (Wildman–Crippen MR) is 82.5 cm³/mol. The number of carbonyl (C=O) groups is 2. The van der Waals surface area contributed by atoms with Crippen LogP contribution in [0.25, 0.3) is 0 Å². The van der Waals surface area contributed by atoms with Crippen LogP contribution in [0.5, 0.6) is 0 Å². The molecule has 0 aromatic rings. The summed E-state index contributed by atoms with van der Waals surface area (Å²) in [6.07, 6.45) is 5.08. The van der Waals surface area contributed by atoms with Crippen LogP contribution in [0, 0.1) is 23.7 Å². The summed E-state index contributed by atoms with van der Waals surface area (Å²) >= 11 is 3.97. The Balaban J connectivity index is 1.89. The molecule has 1 amide bonds. The zero-order chi connectivity index (χ0) is 14.7. The zero-order valence-corrected chi connectivity index (χ0v) is 13.1. The Labute approximate surface area is 126 Å². The predicted octanol–water partition coefficient (Wildman–Crippen LogP) is 1.34. The maximum absolute atomic E-state index is 12.4. The first-order valence-corrected chi connectivity index (χ1v) is 7.94. The molecule has 112 valence electrons. The normalized spacial score (nSPS) is 31.0. The summed E-state index contributed by atoms with van der Waals surface area (Å²) in [6, 6.07) is 0. The molecular weight excluding hydrogens is 272 g/mol. The maximum Gasteiger partial charge on any atom is 0.224 e. The lowest BCUT2D eigenvalue weighted by Crippen LogP contribution is -2.42. The van der Waals surface area contributed by atoms with Gasteiger partial charge in [0.2, 0.25) is 5.91 Å². The van der Waals surface area contributed by atoms with Crippen molar-refractivity contribution in [2.75, 3.05) is 26.2 Å². The molecule has 1 fully saturated rings. The van der Waals surface area contributed by atoms with Gasteiger partial charge in [-0.3, -0.25) is 9.59 Å². The van der Waals surface area contributed by atoms with E-state index in [4.69, 9.17) is 0 Å². The van der Waals surface area contributed by atoms with Crippen LogP contribution in [0.15, 0.2) is 12.2 Å². The third kappa shape index (κ3) is 3.09. The van der Waals surface area contributed by atoms with E-state index in [-0.39, 0.29) is 34.7 Å². The minimum atomic E-state index is -0.234. The van der Waals surface area contributed by atoms with Crippen molar-refractivity contribution in [3.8, 4) is 0 Å². The molecule has 4 nitrogen and oxygen atoms in total. The summed E-state index contributed by atoms with van der Waals surface area (Å²) in [6.45, 7) is 7.70. The summed E-state index contributed by atoms with van der Waals surface area (Å²) in [5, 5.41) is 2.85. The van der Waals surface area contributed by atoms with Gasteiger partial charge >= 0.3 is 0 Å². The van der Waals surface area contributed by atoms with Gasteiger partial charge in [0, 0.05) is 19.0 Å². The van der Waals surface area contributed by atoms with Crippen molar-refractivity contribution in [3.05, 3.63) is 12.2 Å². The molecule has 0 aliphatic heterocycles. The molecule has 0 saturated heterocycles. The number of nitrogens with one attached hydrogen (secondary N) is 1. The van der Waals surface area contributed by atoms with Crippen LogP contribution in [0.3, 0.4) is 0 Å². The first kappa shape index (κ1) is 15.6. The average molecular weight is 296 g/mol. The number of likely N-dealkylation sites (N-methyl/N-ethyl adjacent to an activating group) is 1. The molecule has 0 aromatic carbocycles. The second kappa shape index (κ2) is 6.76. The highest BCUT2D eigenvalue weighted by Gasteiger charge is 2.50. The fourth-order valence-electron chi connectivity index (χ4n) is 3.51.